The number of aromatic hydroxyl groups is 1. The van der Waals surface area contributed by atoms with Crippen LogP contribution < -0.4 is 19.5 Å². The lowest BCUT2D eigenvalue weighted by Crippen LogP contribution is -2.39. The number of aliphatic imine (C=N–C) groups is 1. The van der Waals surface area contributed by atoms with Crippen molar-refractivity contribution in [2.24, 2.45) is 4.99 Å². The first kappa shape index (κ1) is 63.7. The fourth-order valence-electron chi connectivity index (χ4n) is 7.08. The molecule has 0 aliphatic heterocycles. The van der Waals surface area contributed by atoms with E-state index in [1.807, 2.05) is 57.2 Å². The zero-order valence-corrected chi connectivity index (χ0v) is 58.0. The standard InChI is InChI=1S/C29H33ClI4N2O4.C18H16I4O4.C2H4Cl2/c30-11-12-38-27-24(33)16-21(17-25(27)34)39-28-22(31)13-18(14-23(28)32)15-26(37)40-29(35-19-7-3-1-4-8-19)36-20-9-5-2-6-10-20;1-18(2,3)26-15(23)6-9-4-13(21)17(14(22)5-9)25-10-7-11(19)16(24)12(20)8-10;3-1-2-4/h13-14,16-17,19-20H,1-12,15H2,(H,35,36);4-5,7-8,24H,6H2,1-3H3;1-2H2. The van der Waals surface area contributed by atoms with Gasteiger partial charge in [0.2, 0.25) is 0 Å². The molecule has 0 bridgehead atoms. The molecule has 4 aromatic carbocycles. The summed E-state index contributed by atoms with van der Waals surface area (Å²) in [7, 11) is 0. The summed E-state index contributed by atoms with van der Waals surface area (Å²) in [5, 5.41) is 13.4. The van der Waals surface area contributed by atoms with Crippen LogP contribution in [0, 0.1) is 28.6 Å². The summed E-state index contributed by atoms with van der Waals surface area (Å²) in [6, 6.07) is 16.3. The molecule has 10 nitrogen and oxygen atoms in total. The fraction of sp³-hybridized carbons (Fsp3) is 0.449. The first-order valence-electron chi connectivity index (χ1n) is 22.3. The number of phenolic OH excluding ortho intramolecular Hbond substituents is 1. The fourth-order valence-corrected chi connectivity index (χ4v) is 15.1. The molecule has 0 atom stereocenters. The number of ether oxygens (including phenoxy) is 5. The Morgan fingerprint density at radius 2 is 1.01 bits per heavy atom. The summed E-state index contributed by atoms with van der Waals surface area (Å²) in [6.45, 7) is 6.03. The predicted molar refractivity (Wildman–Crippen MR) is 351 cm³/mol. The third-order valence-corrected chi connectivity index (χ3v) is 17.2. The van der Waals surface area contributed by atoms with Crippen molar-refractivity contribution in [2.45, 2.75) is 116 Å². The molecule has 0 saturated heterocycles. The third kappa shape index (κ3) is 22.7. The Kier molecular flexibility index (Phi) is 29.9. The van der Waals surface area contributed by atoms with Crippen LogP contribution in [0.15, 0.2) is 53.5 Å². The summed E-state index contributed by atoms with van der Waals surface area (Å²) in [5.41, 5.74) is 1.28. The number of benzene rings is 4. The smallest absolute Gasteiger partial charge is 0.318 e. The van der Waals surface area contributed by atoms with Gasteiger partial charge in [-0.1, -0.05) is 38.5 Å². The second-order valence-corrected chi connectivity index (χ2v) is 27.4. The van der Waals surface area contributed by atoms with E-state index >= 15 is 0 Å². The van der Waals surface area contributed by atoms with Crippen molar-refractivity contribution in [1.82, 2.24) is 5.32 Å². The minimum absolute atomic E-state index is 0.171. The molecule has 0 heterocycles. The highest BCUT2D eigenvalue weighted by Crippen LogP contribution is 2.39. The number of hydrogen-bond acceptors (Lipinski definition) is 9. The molecule has 0 radical (unpaired) electrons. The first-order valence-corrected chi connectivity index (χ1v) is 32.5. The van der Waals surface area contributed by atoms with E-state index in [-0.39, 0.29) is 36.6 Å². The predicted octanol–water partition coefficient (Wildman–Crippen LogP) is 17.2. The number of halogens is 11. The van der Waals surface area contributed by atoms with Crippen LogP contribution in [0.4, 0.5) is 0 Å². The highest BCUT2D eigenvalue weighted by molar-refractivity contribution is 14.1. The number of carbonyl (C=O) groups is 2. The number of nitrogens with one attached hydrogen (secondary N) is 1. The summed E-state index contributed by atoms with van der Waals surface area (Å²) < 4.78 is 36.4. The molecule has 0 spiro atoms. The average Bonchev–Trinajstić information content (AvgIpc) is 3.28. The van der Waals surface area contributed by atoms with E-state index in [4.69, 9.17) is 63.5 Å². The average molecular weight is 1920 g/mol. The van der Waals surface area contributed by atoms with Gasteiger partial charge in [0.25, 0.3) is 6.02 Å². The maximum atomic E-state index is 13.1. The van der Waals surface area contributed by atoms with Crippen molar-refractivity contribution in [2.75, 3.05) is 24.2 Å². The van der Waals surface area contributed by atoms with Crippen molar-refractivity contribution in [3.63, 3.8) is 0 Å². The van der Waals surface area contributed by atoms with Gasteiger partial charge >= 0.3 is 11.9 Å². The van der Waals surface area contributed by atoms with Gasteiger partial charge in [-0.2, -0.15) is 0 Å². The van der Waals surface area contributed by atoms with E-state index in [0.29, 0.717) is 42.1 Å². The molecule has 4 aromatic rings. The number of phenols is 1. The largest absolute Gasteiger partial charge is 0.506 e. The molecule has 70 heavy (non-hydrogen) atoms. The molecule has 6 rings (SSSR count). The Hall–Kier alpha value is 1.20. The zero-order valence-electron chi connectivity index (χ0n) is 38.5. The van der Waals surface area contributed by atoms with Gasteiger partial charge in [-0.05, 0) is 287 Å². The summed E-state index contributed by atoms with van der Waals surface area (Å²) in [6.07, 6.45) is 12.0. The van der Waals surface area contributed by atoms with Crippen molar-refractivity contribution < 1.29 is 38.4 Å². The van der Waals surface area contributed by atoms with Crippen molar-refractivity contribution in [1.29, 1.82) is 0 Å². The molecule has 384 valence electrons. The summed E-state index contributed by atoms with van der Waals surface area (Å²) in [5.74, 6) is 4.96. The highest BCUT2D eigenvalue weighted by Gasteiger charge is 2.23. The minimum atomic E-state index is -0.492. The van der Waals surface area contributed by atoms with Crippen LogP contribution >= 0.6 is 216 Å². The summed E-state index contributed by atoms with van der Waals surface area (Å²) >= 11 is 33.5. The first-order chi connectivity index (χ1) is 33.2. The molecule has 2 aliphatic rings. The van der Waals surface area contributed by atoms with Gasteiger partial charge in [0.15, 0.2) is 11.5 Å². The maximum absolute atomic E-state index is 13.1. The van der Waals surface area contributed by atoms with E-state index in [9.17, 15) is 14.7 Å². The Labute approximate surface area is 536 Å². The lowest BCUT2D eigenvalue weighted by Gasteiger charge is -2.25. The molecule has 2 saturated carbocycles. The lowest BCUT2D eigenvalue weighted by atomic mass is 9.95. The van der Waals surface area contributed by atoms with Crippen LogP contribution in [0.2, 0.25) is 0 Å². The highest BCUT2D eigenvalue weighted by atomic mass is 127. The normalized spacial score (nSPS) is 14.3. The van der Waals surface area contributed by atoms with Crippen LogP contribution in [-0.4, -0.2) is 65.0 Å². The third-order valence-electron chi connectivity index (χ3n) is 10.0. The van der Waals surface area contributed by atoms with Crippen LogP contribution in [0.3, 0.4) is 0 Å². The van der Waals surface area contributed by atoms with Crippen LogP contribution in [0.1, 0.15) is 96.1 Å². The van der Waals surface area contributed by atoms with Gasteiger partial charge in [0.05, 0.1) is 53.3 Å². The van der Waals surface area contributed by atoms with Gasteiger partial charge in [-0.3, -0.25) is 9.59 Å². The number of nitrogens with zero attached hydrogens (tertiary/aromatic N) is 1. The molecule has 0 aromatic heterocycles. The SMILES string of the molecule is CC(C)(C)OC(=O)Cc1cc(I)c(Oc2cc(I)c(O)c(I)c2)c(I)c1.ClCCCl.O=C(Cc1cc(I)c(Oc2cc(I)c(OCCCl)c(I)c2)c(I)c1)OC(=NC1CCCCC1)NC1CCCCC1. The molecule has 21 heteroatoms. The maximum Gasteiger partial charge on any atom is 0.318 e. The second-order valence-electron chi connectivity index (χ2n) is 17.0. The van der Waals surface area contributed by atoms with Gasteiger partial charge in [0.1, 0.15) is 35.2 Å². The van der Waals surface area contributed by atoms with Crippen LogP contribution in [0.5, 0.6) is 34.5 Å². The molecule has 2 N–H and O–H groups in total. The van der Waals surface area contributed by atoms with Gasteiger partial charge in [-0.25, -0.2) is 4.99 Å². The number of rotatable bonds is 14. The molecule has 0 amide bonds. The minimum Gasteiger partial charge on any atom is -0.506 e. The quantitative estimate of drug-likeness (QED) is 0.0417. The van der Waals surface area contributed by atoms with Crippen molar-refractivity contribution in [3.05, 3.63) is 88.2 Å². The number of alkyl halides is 3. The Morgan fingerprint density at radius 1 is 0.600 bits per heavy atom. The number of hydrogen-bond donors (Lipinski definition) is 2. The number of carbonyl (C=O) groups excluding carboxylic acids is 2. The molecular weight excluding hydrogens is 1870 g/mol. The topological polar surface area (TPSA) is 125 Å². The Morgan fingerprint density at radius 3 is 1.44 bits per heavy atom. The van der Waals surface area contributed by atoms with Crippen LogP contribution in [-0.2, 0) is 31.9 Å². The van der Waals surface area contributed by atoms with E-state index < -0.39 is 5.60 Å². The molecule has 2 aliphatic carbocycles. The second kappa shape index (κ2) is 32.8. The van der Waals surface area contributed by atoms with E-state index in [1.165, 1.54) is 38.5 Å². The van der Waals surface area contributed by atoms with Crippen molar-refractivity contribution in [3.8, 4) is 34.5 Å². The van der Waals surface area contributed by atoms with Gasteiger partial charge < -0.3 is 34.1 Å². The van der Waals surface area contributed by atoms with E-state index in [0.717, 1.165) is 88.4 Å². The van der Waals surface area contributed by atoms with E-state index in [1.54, 1.807) is 12.1 Å². The summed E-state index contributed by atoms with van der Waals surface area (Å²) in [4.78, 5) is 30.0. The van der Waals surface area contributed by atoms with E-state index in [2.05, 4.69) is 186 Å². The Balaban J connectivity index is 0.000000305. The molecular formula is C49H53Cl3I8N2O8. The lowest BCUT2D eigenvalue weighted by molar-refractivity contribution is -0.154. The van der Waals surface area contributed by atoms with Gasteiger partial charge in [-0.15, -0.1) is 34.8 Å². The molecule has 0 unspecified atom stereocenters. The van der Waals surface area contributed by atoms with Crippen molar-refractivity contribution >= 4 is 233 Å². The Bertz CT molecular complexity index is 2320. The number of amidine groups is 1. The number of esters is 2. The van der Waals surface area contributed by atoms with Crippen LogP contribution in [0.25, 0.3) is 0 Å². The van der Waals surface area contributed by atoms with Gasteiger partial charge in [0, 0.05) is 17.8 Å². The monoisotopic (exact) mass is 1920 g/mol. The zero-order chi connectivity index (χ0) is 51.5. The molecule has 2 fully saturated rings.